The summed E-state index contributed by atoms with van der Waals surface area (Å²) in [6, 6.07) is 3.07. The predicted octanol–water partition coefficient (Wildman–Crippen LogP) is 0.880. The lowest BCUT2D eigenvalue weighted by molar-refractivity contribution is -0.388. The van der Waals surface area contributed by atoms with Crippen molar-refractivity contribution in [2.24, 2.45) is 0 Å². The Morgan fingerprint density at radius 2 is 1.88 bits per heavy atom. The Bertz CT molecular complexity index is 775. The van der Waals surface area contributed by atoms with E-state index in [1.54, 1.807) is 19.9 Å². The number of sulfonamides is 1. The molecular formula is C16H24N4O4S. The highest BCUT2D eigenvalue weighted by Crippen LogP contribution is 2.33. The molecule has 0 radical (unpaired) electrons. The minimum Gasteiger partial charge on any atom is -0.314 e. The van der Waals surface area contributed by atoms with E-state index in [1.165, 1.54) is 10.4 Å². The first-order valence-corrected chi connectivity index (χ1v) is 9.96. The van der Waals surface area contributed by atoms with Crippen molar-refractivity contribution in [3.63, 3.8) is 0 Å². The molecule has 0 spiro atoms. The summed E-state index contributed by atoms with van der Waals surface area (Å²) >= 11 is 0. The molecule has 0 aliphatic carbocycles. The molecule has 2 heterocycles. The van der Waals surface area contributed by atoms with Gasteiger partial charge in [-0.3, -0.25) is 15.0 Å². The average molecular weight is 368 g/mol. The van der Waals surface area contributed by atoms with Gasteiger partial charge in [0, 0.05) is 51.4 Å². The maximum absolute atomic E-state index is 13.2. The highest BCUT2D eigenvalue weighted by Gasteiger charge is 2.39. The number of piperazine rings is 1. The molecule has 1 aromatic carbocycles. The Labute approximate surface area is 148 Å². The summed E-state index contributed by atoms with van der Waals surface area (Å²) in [5, 5.41) is 14.7. The van der Waals surface area contributed by atoms with Crippen molar-refractivity contribution in [3.8, 4) is 0 Å². The van der Waals surface area contributed by atoms with Crippen molar-refractivity contribution in [2.45, 2.75) is 31.2 Å². The van der Waals surface area contributed by atoms with Crippen LogP contribution in [0.5, 0.6) is 0 Å². The largest absolute Gasteiger partial charge is 0.314 e. The zero-order valence-corrected chi connectivity index (χ0v) is 15.4. The van der Waals surface area contributed by atoms with E-state index in [-0.39, 0.29) is 16.6 Å². The average Bonchev–Trinajstić information content (AvgIpc) is 3.08. The fourth-order valence-corrected chi connectivity index (χ4v) is 5.58. The van der Waals surface area contributed by atoms with Crippen LogP contribution in [0.25, 0.3) is 0 Å². The van der Waals surface area contributed by atoms with Crippen LogP contribution >= 0.6 is 0 Å². The van der Waals surface area contributed by atoms with Gasteiger partial charge in [-0.15, -0.1) is 0 Å². The molecule has 1 aromatic rings. The van der Waals surface area contributed by atoms with Crippen molar-refractivity contribution in [3.05, 3.63) is 33.4 Å². The lowest BCUT2D eigenvalue weighted by Crippen LogP contribution is -2.49. The van der Waals surface area contributed by atoms with Crippen molar-refractivity contribution in [1.82, 2.24) is 14.5 Å². The number of nitrogens with zero attached hydrogens (tertiary/aromatic N) is 3. The summed E-state index contributed by atoms with van der Waals surface area (Å²) in [6.07, 6.45) is 0.762. The Balaban J connectivity index is 1.90. The monoisotopic (exact) mass is 368 g/mol. The zero-order chi connectivity index (χ0) is 18.2. The van der Waals surface area contributed by atoms with Crippen molar-refractivity contribution >= 4 is 15.7 Å². The van der Waals surface area contributed by atoms with Crippen molar-refractivity contribution < 1.29 is 13.3 Å². The number of nitro groups is 1. The molecule has 138 valence electrons. The molecule has 2 aliphatic heterocycles. The van der Waals surface area contributed by atoms with Gasteiger partial charge in [-0.1, -0.05) is 6.07 Å². The fourth-order valence-electron chi connectivity index (χ4n) is 3.65. The smallest absolute Gasteiger partial charge is 0.289 e. The van der Waals surface area contributed by atoms with E-state index < -0.39 is 14.9 Å². The second-order valence-corrected chi connectivity index (χ2v) is 8.58. The molecule has 8 nitrogen and oxygen atoms in total. The van der Waals surface area contributed by atoms with Crippen LogP contribution in [0.4, 0.5) is 5.69 Å². The SMILES string of the molecule is Cc1ccc([N+](=O)[O-])c(S(=O)(=O)N2CCC(N3CCNCC3)C2)c1C. The van der Waals surface area contributed by atoms with Gasteiger partial charge in [0.15, 0.2) is 4.90 Å². The first-order valence-electron chi connectivity index (χ1n) is 8.52. The summed E-state index contributed by atoms with van der Waals surface area (Å²) in [7, 11) is -3.89. The van der Waals surface area contributed by atoms with Crippen molar-refractivity contribution in [1.29, 1.82) is 0 Å². The van der Waals surface area contributed by atoms with Gasteiger partial charge in [0.05, 0.1) is 4.92 Å². The molecule has 25 heavy (non-hydrogen) atoms. The highest BCUT2D eigenvalue weighted by molar-refractivity contribution is 7.89. The lowest BCUT2D eigenvalue weighted by atomic mass is 10.1. The summed E-state index contributed by atoms with van der Waals surface area (Å²) in [6.45, 7) is 7.83. The fraction of sp³-hybridized carbons (Fsp3) is 0.625. The summed E-state index contributed by atoms with van der Waals surface area (Å²) < 4.78 is 27.7. The number of rotatable bonds is 4. The zero-order valence-electron chi connectivity index (χ0n) is 14.6. The molecule has 0 bridgehead atoms. The summed E-state index contributed by atoms with van der Waals surface area (Å²) in [5.41, 5.74) is 0.857. The normalized spacial score (nSPS) is 23.0. The maximum Gasteiger partial charge on any atom is 0.289 e. The van der Waals surface area contributed by atoms with Gasteiger partial charge in [0.25, 0.3) is 5.69 Å². The summed E-state index contributed by atoms with van der Waals surface area (Å²) in [5.74, 6) is 0. The van der Waals surface area contributed by atoms with Gasteiger partial charge in [-0.05, 0) is 31.4 Å². The Morgan fingerprint density at radius 3 is 2.52 bits per heavy atom. The summed E-state index contributed by atoms with van der Waals surface area (Å²) in [4.78, 5) is 12.9. The number of hydrogen-bond donors (Lipinski definition) is 1. The van der Waals surface area contributed by atoms with E-state index in [4.69, 9.17) is 0 Å². The van der Waals surface area contributed by atoms with Crippen LogP contribution < -0.4 is 5.32 Å². The Morgan fingerprint density at radius 1 is 1.20 bits per heavy atom. The van der Waals surface area contributed by atoms with Gasteiger partial charge in [0.2, 0.25) is 10.0 Å². The van der Waals surface area contributed by atoms with Gasteiger partial charge < -0.3 is 5.32 Å². The molecule has 1 unspecified atom stereocenters. The Kier molecular flexibility index (Phi) is 5.10. The lowest BCUT2D eigenvalue weighted by Gasteiger charge is -2.32. The second kappa shape index (κ2) is 6.99. The molecule has 2 saturated heterocycles. The van der Waals surface area contributed by atoms with Gasteiger partial charge in [-0.25, -0.2) is 8.42 Å². The van der Waals surface area contributed by atoms with Gasteiger partial charge in [0.1, 0.15) is 0 Å². The van der Waals surface area contributed by atoms with E-state index in [2.05, 4.69) is 10.2 Å². The van der Waals surface area contributed by atoms with E-state index in [1.807, 2.05) is 0 Å². The van der Waals surface area contributed by atoms with E-state index in [9.17, 15) is 18.5 Å². The molecule has 0 aromatic heterocycles. The van der Waals surface area contributed by atoms with E-state index >= 15 is 0 Å². The van der Waals surface area contributed by atoms with Crippen LogP contribution in [0.3, 0.4) is 0 Å². The molecule has 2 fully saturated rings. The highest BCUT2D eigenvalue weighted by atomic mass is 32.2. The van der Waals surface area contributed by atoms with Crippen molar-refractivity contribution in [2.75, 3.05) is 39.3 Å². The number of hydrogen-bond acceptors (Lipinski definition) is 6. The molecule has 9 heteroatoms. The van der Waals surface area contributed by atoms with Crippen LogP contribution in [0, 0.1) is 24.0 Å². The molecule has 1 atom stereocenters. The molecule has 0 saturated carbocycles. The third kappa shape index (κ3) is 3.41. The Hall–Kier alpha value is -1.55. The van der Waals surface area contributed by atoms with E-state index in [0.29, 0.717) is 18.7 Å². The molecule has 1 N–H and O–H groups in total. The molecular weight excluding hydrogens is 344 g/mol. The quantitative estimate of drug-likeness (QED) is 0.626. The van der Waals surface area contributed by atoms with E-state index in [0.717, 1.165) is 38.2 Å². The number of nitrogens with one attached hydrogen (secondary N) is 1. The molecule has 2 aliphatic rings. The van der Waals surface area contributed by atoms with Gasteiger partial charge >= 0.3 is 0 Å². The van der Waals surface area contributed by atoms with Crippen LogP contribution in [0.15, 0.2) is 17.0 Å². The molecule has 3 rings (SSSR count). The standard InChI is InChI=1S/C16H24N4O4S/c1-12-3-4-15(20(21)22)16(13(12)2)25(23,24)19-8-5-14(11-19)18-9-6-17-7-10-18/h3-4,14,17H,5-11H2,1-2H3. The maximum atomic E-state index is 13.2. The first kappa shape index (κ1) is 18.2. The minimum absolute atomic E-state index is 0.154. The van der Waals surface area contributed by atoms with Gasteiger partial charge in [-0.2, -0.15) is 4.31 Å². The first-order chi connectivity index (χ1) is 11.8. The topological polar surface area (TPSA) is 95.8 Å². The number of benzene rings is 1. The van der Waals surface area contributed by atoms with Crippen LogP contribution in [-0.4, -0.2) is 67.9 Å². The minimum atomic E-state index is -3.89. The van der Waals surface area contributed by atoms with Crippen LogP contribution in [-0.2, 0) is 10.0 Å². The molecule has 0 amide bonds. The number of nitro benzene ring substituents is 1. The third-order valence-electron chi connectivity index (χ3n) is 5.24. The number of aryl methyl sites for hydroxylation is 1. The second-order valence-electron chi connectivity index (χ2n) is 6.70. The van der Waals surface area contributed by atoms with Crippen LogP contribution in [0.2, 0.25) is 0 Å². The van der Waals surface area contributed by atoms with Crippen LogP contribution in [0.1, 0.15) is 17.5 Å². The third-order valence-corrected chi connectivity index (χ3v) is 7.29. The predicted molar refractivity (Wildman–Crippen MR) is 94.2 cm³/mol.